The number of aliphatic hydroxyl groups excluding tert-OH is 2. The van der Waals surface area contributed by atoms with Gasteiger partial charge in [0.05, 0.1) is 23.9 Å². The Balaban J connectivity index is 0.919. The Morgan fingerprint density at radius 2 is 1.56 bits per heavy atom. The van der Waals surface area contributed by atoms with Gasteiger partial charge in [-0.1, -0.05) is 36.9 Å². The number of halogens is 2. The molecule has 20 heteroatoms. The number of anilines is 1. The molecule has 7 N–H and O–H groups in total. The van der Waals surface area contributed by atoms with Crippen LogP contribution in [0.25, 0.3) is 0 Å². The maximum Gasteiger partial charge on any atom is 0.305 e. The molecule has 68 heavy (non-hydrogen) atoms. The highest BCUT2D eigenvalue weighted by Crippen LogP contribution is 2.72. The van der Waals surface area contributed by atoms with Gasteiger partial charge in [-0.2, -0.15) is 11.8 Å². The van der Waals surface area contributed by atoms with Crippen molar-refractivity contribution in [1.82, 2.24) is 16.0 Å². The molecule has 0 spiro atoms. The number of thioether (sulfide) groups is 1. The maximum absolute atomic E-state index is 17.7. The molecule has 4 aliphatic carbocycles. The second-order valence-corrected chi connectivity index (χ2v) is 20.7. The highest BCUT2D eigenvalue weighted by atomic mass is 32.2. The number of ether oxygens (including phenoxy) is 2. The van der Waals surface area contributed by atoms with Gasteiger partial charge in [0.2, 0.25) is 23.6 Å². The summed E-state index contributed by atoms with van der Waals surface area (Å²) in [7, 11) is 0. The summed E-state index contributed by atoms with van der Waals surface area (Å²) in [6.07, 6.45) is -0.928. The third-order valence-corrected chi connectivity index (χ3v) is 16.5. The number of alkyl halides is 2. The molecule has 5 aliphatic rings. The Morgan fingerprint density at radius 1 is 0.912 bits per heavy atom. The van der Waals surface area contributed by atoms with Gasteiger partial charge in [-0.15, -0.1) is 0 Å². The number of carboxylic acids is 1. The first-order valence-electron chi connectivity index (χ1n) is 22.4. The van der Waals surface area contributed by atoms with Crippen molar-refractivity contribution in [1.29, 1.82) is 0 Å². The summed E-state index contributed by atoms with van der Waals surface area (Å²) in [5, 5.41) is 40.5. The highest BCUT2D eigenvalue weighted by molar-refractivity contribution is 8.00. The largest absolute Gasteiger partial charge is 0.481 e. The number of hydrogen-bond donors (Lipinski definition) is 7. The van der Waals surface area contributed by atoms with Gasteiger partial charge in [-0.3, -0.25) is 33.6 Å². The van der Waals surface area contributed by atoms with Crippen molar-refractivity contribution in [2.75, 3.05) is 24.7 Å². The molecule has 7 rings (SSSR count). The summed E-state index contributed by atoms with van der Waals surface area (Å²) in [6.45, 7) is 5.22. The topological polar surface area (TPSA) is 247 Å². The van der Waals surface area contributed by atoms with E-state index in [0.717, 1.165) is 27.6 Å². The van der Waals surface area contributed by atoms with Crippen molar-refractivity contribution in [2.45, 2.75) is 123 Å². The minimum atomic E-state index is -2.36. The monoisotopic (exact) mass is 982 g/mol. The zero-order valence-corrected chi connectivity index (χ0v) is 39.7. The Labute approximate surface area is 400 Å². The molecule has 4 amide bonds. The molecular formula is C48H56F2N4O12S2. The molecule has 366 valence electrons. The Bertz CT molecular complexity index is 2410. The first-order chi connectivity index (χ1) is 32.1. The molecule has 16 nitrogen and oxygen atoms in total. The van der Waals surface area contributed by atoms with E-state index in [0.29, 0.717) is 11.3 Å². The SMILES string of the molecule is CSC(CC(=O)O)C(=O)NCCC(=O)N[C@@H](C)C(=O)N[C@@H](C)C(=O)Nc1ccc(Sc2ccc([C@@H]3O[C@@H]4C[C@H]5[C@@H]6C[C@H](F)C7=CC(=O)C=C[C@]7(C)[C@@]6(F)[C@@H](O)C[C@]5(C)[C@]4(C(=O)CO)O3)cc2)cc1. The van der Waals surface area contributed by atoms with Crippen LogP contribution >= 0.6 is 23.5 Å². The summed E-state index contributed by atoms with van der Waals surface area (Å²) >= 11 is 2.50. The molecule has 1 aliphatic heterocycles. The lowest BCUT2D eigenvalue weighted by atomic mass is 9.44. The number of ketones is 2. The number of fused-ring (bicyclic) bond motifs is 7. The van der Waals surface area contributed by atoms with Gasteiger partial charge < -0.3 is 46.1 Å². The Kier molecular flexibility index (Phi) is 14.8. The van der Waals surface area contributed by atoms with Crippen molar-refractivity contribution in [3.05, 3.63) is 77.9 Å². The van der Waals surface area contributed by atoms with Gasteiger partial charge in [-0.25, -0.2) is 8.78 Å². The molecular weight excluding hydrogens is 927 g/mol. The molecule has 0 radical (unpaired) electrons. The van der Waals surface area contributed by atoms with E-state index in [2.05, 4.69) is 21.3 Å². The van der Waals surface area contributed by atoms with Crippen molar-refractivity contribution >= 4 is 70.4 Å². The van der Waals surface area contributed by atoms with Crippen LogP contribution in [0.2, 0.25) is 0 Å². The summed E-state index contributed by atoms with van der Waals surface area (Å²) < 4.78 is 46.7. The number of hydrogen-bond acceptors (Lipinski definition) is 13. The normalized spacial score (nSPS) is 32.5. The number of carboxylic acid groups (broad SMARTS) is 1. The fourth-order valence-electron chi connectivity index (χ4n) is 11.0. The molecule has 2 aromatic rings. The Morgan fingerprint density at radius 3 is 2.19 bits per heavy atom. The van der Waals surface area contributed by atoms with Crippen LogP contribution in [-0.4, -0.2) is 123 Å². The van der Waals surface area contributed by atoms with Crippen LogP contribution < -0.4 is 21.3 Å². The van der Waals surface area contributed by atoms with Gasteiger partial charge in [-0.05, 0) is 106 Å². The summed E-state index contributed by atoms with van der Waals surface area (Å²) in [5.41, 5.74) is -5.94. The van der Waals surface area contributed by atoms with Gasteiger partial charge in [0, 0.05) is 50.8 Å². The van der Waals surface area contributed by atoms with E-state index in [-0.39, 0.29) is 44.2 Å². The van der Waals surface area contributed by atoms with Crippen LogP contribution in [0.1, 0.15) is 71.7 Å². The lowest BCUT2D eigenvalue weighted by Gasteiger charge is -2.63. The standard InChI is InChI=1S/C48H56F2N4O12S2/c1-24(52-39(59)15-17-51-43(64)35(67-5)21-40(60)61)41(62)53-25(2)42(63)54-27-8-12-30(13-9-27)68-29-10-6-26(7-11-29)44-65-38-20-31-32-19-34(49)33-18-28(56)14-16-45(33,3)47(32,50)36(57)22-46(31,4)48(38,66-44)37(58)23-55/h6-14,16,18,24-25,31-32,34-36,38,44,55,57H,15,17,19-23H2,1-5H3,(H,51,64)(H,52,59)(H,53,62)(H,54,63)(H,60,61)/t24-,25-,31-,32-,34-,35?,36-,38+,44+,45-,46-,47-,48+/m0/s1. The molecule has 2 aromatic carbocycles. The number of carbonyl (C=O) groups excluding carboxylic acids is 6. The van der Waals surface area contributed by atoms with Gasteiger partial charge >= 0.3 is 5.97 Å². The lowest BCUT2D eigenvalue weighted by Crippen LogP contribution is -2.70. The van der Waals surface area contributed by atoms with Crippen molar-refractivity contribution in [2.24, 2.45) is 22.7 Å². The first kappa shape index (κ1) is 50.9. The quantitative estimate of drug-likeness (QED) is 0.118. The molecule has 1 unspecified atom stereocenters. The van der Waals surface area contributed by atoms with Crippen LogP contribution in [0.4, 0.5) is 14.5 Å². The third-order valence-electron chi connectivity index (χ3n) is 14.5. The molecule has 0 bridgehead atoms. The average Bonchev–Trinajstić information content (AvgIpc) is 3.80. The number of aliphatic hydroxyl groups is 2. The number of amides is 4. The van der Waals surface area contributed by atoms with E-state index in [1.165, 1.54) is 44.7 Å². The molecule has 3 saturated carbocycles. The molecule has 13 atom stereocenters. The van der Waals surface area contributed by atoms with Crippen LogP contribution in [0.5, 0.6) is 0 Å². The Hall–Kier alpha value is -4.99. The summed E-state index contributed by atoms with van der Waals surface area (Å²) in [4.78, 5) is 88.9. The number of rotatable bonds is 17. The number of allylic oxidation sites excluding steroid dienone is 4. The zero-order chi connectivity index (χ0) is 49.5. The summed E-state index contributed by atoms with van der Waals surface area (Å²) in [6, 6.07) is 12.2. The highest BCUT2D eigenvalue weighted by Gasteiger charge is 2.80. The van der Waals surface area contributed by atoms with E-state index in [1.54, 1.807) is 49.6 Å². The van der Waals surface area contributed by atoms with Crippen molar-refractivity contribution in [3.63, 3.8) is 0 Å². The second-order valence-electron chi connectivity index (χ2n) is 18.6. The first-order valence-corrected chi connectivity index (χ1v) is 24.5. The van der Waals surface area contributed by atoms with Crippen molar-refractivity contribution in [3.8, 4) is 0 Å². The second kappa shape index (κ2) is 19.8. The van der Waals surface area contributed by atoms with Crippen LogP contribution in [-0.2, 0) is 43.0 Å². The van der Waals surface area contributed by atoms with E-state index in [9.17, 15) is 43.8 Å². The zero-order valence-electron chi connectivity index (χ0n) is 38.1. The average molecular weight is 983 g/mol. The molecule has 1 heterocycles. The number of nitrogens with one attached hydrogen (secondary N) is 4. The summed E-state index contributed by atoms with van der Waals surface area (Å²) in [5.74, 6) is -6.13. The fourth-order valence-corrected chi connectivity index (χ4v) is 12.5. The number of benzene rings is 2. The van der Waals surface area contributed by atoms with E-state index in [4.69, 9.17) is 14.6 Å². The molecule has 0 aromatic heterocycles. The van der Waals surface area contributed by atoms with Crippen LogP contribution in [0, 0.1) is 22.7 Å². The minimum absolute atomic E-state index is 0.00363. The maximum atomic E-state index is 17.7. The number of carbonyl (C=O) groups is 7. The van der Waals surface area contributed by atoms with Gasteiger partial charge in [0.1, 0.15) is 24.9 Å². The molecule has 4 fully saturated rings. The van der Waals surface area contributed by atoms with Crippen LogP contribution in [0.3, 0.4) is 0 Å². The van der Waals surface area contributed by atoms with E-state index in [1.807, 2.05) is 12.1 Å². The van der Waals surface area contributed by atoms with E-state index < -0.39 is 124 Å². The smallest absolute Gasteiger partial charge is 0.305 e. The molecule has 1 saturated heterocycles. The predicted molar refractivity (Wildman–Crippen MR) is 246 cm³/mol. The van der Waals surface area contributed by atoms with Gasteiger partial charge in [0.15, 0.2) is 29.1 Å². The lowest BCUT2D eigenvalue weighted by molar-refractivity contribution is -0.235. The minimum Gasteiger partial charge on any atom is -0.481 e. The van der Waals surface area contributed by atoms with E-state index >= 15 is 8.78 Å². The van der Waals surface area contributed by atoms with Gasteiger partial charge in [0.25, 0.3) is 0 Å². The van der Waals surface area contributed by atoms with Crippen LogP contribution in [0.15, 0.2) is 82.1 Å². The third kappa shape index (κ3) is 9.14. The number of aliphatic carboxylic acids is 1. The number of Topliss-reactive ketones (excluding diaryl/α,β-unsaturated/α-hetero) is 1. The fraction of sp³-hybridized carbons (Fsp3) is 0.521. The predicted octanol–water partition coefficient (Wildman–Crippen LogP) is 4.14. The van der Waals surface area contributed by atoms with Crippen molar-refractivity contribution < 1.29 is 67.1 Å².